The lowest BCUT2D eigenvalue weighted by molar-refractivity contribution is -0.136. The molecular formula is C28H47BN4O5S. The van der Waals surface area contributed by atoms with Crippen molar-refractivity contribution in [2.24, 2.45) is 11.8 Å². The van der Waals surface area contributed by atoms with E-state index >= 15 is 0 Å². The molecule has 2 aliphatic rings. The number of piperidine rings is 1. The highest BCUT2D eigenvalue weighted by Crippen LogP contribution is 2.36. The molecule has 9 nitrogen and oxygen atoms in total. The fourth-order valence-electron chi connectivity index (χ4n) is 4.62. The Hall–Kier alpha value is -1.85. The molecule has 39 heavy (non-hydrogen) atoms. The summed E-state index contributed by atoms with van der Waals surface area (Å²) < 4.78 is 17.5. The molecule has 2 aliphatic heterocycles. The summed E-state index contributed by atoms with van der Waals surface area (Å²) in [6.45, 7) is 18.9. The predicted molar refractivity (Wildman–Crippen MR) is 155 cm³/mol. The molecule has 11 heteroatoms. The molecule has 0 radical (unpaired) electrons. The van der Waals surface area contributed by atoms with E-state index in [0.717, 1.165) is 55.1 Å². The summed E-state index contributed by atoms with van der Waals surface area (Å²) in [6, 6.07) is -0.580. The van der Waals surface area contributed by atoms with Crippen LogP contribution in [0.15, 0.2) is 17.6 Å². The summed E-state index contributed by atoms with van der Waals surface area (Å²) in [6.07, 6.45) is 7.19. The Morgan fingerprint density at radius 1 is 1.13 bits per heavy atom. The number of hydrogen-bond donors (Lipinski definition) is 1. The number of nitrogens with one attached hydrogen (secondary N) is 1. The van der Waals surface area contributed by atoms with E-state index in [9.17, 15) is 9.59 Å². The predicted octanol–water partition coefficient (Wildman–Crippen LogP) is 4.44. The van der Waals surface area contributed by atoms with E-state index in [1.165, 1.54) is 0 Å². The van der Waals surface area contributed by atoms with Crippen LogP contribution in [-0.4, -0.2) is 75.7 Å². The van der Waals surface area contributed by atoms with Gasteiger partial charge in [0.2, 0.25) is 5.91 Å². The molecule has 3 rings (SSSR count). The first kappa shape index (κ1) is 31.7. The second-order valence-electron chi connectivity index (χ2n) is 13.0. The molecule has 0 spiro atoms. The van der Waals surface area contributed by atoms with Gasteiger partial charge in [0.15, 0.2) is 5.16 Å². The number of thioether (sulfide) groups is 1. The quantitative estimate of drug-likeness (QED) is 0.204. The van der Waals surface area contributed by atoms with E-state index in [1.54, 1.807) is 24.2 Å². The molecule has 1 atom stereocenters. The highest BCUT2D eigenvalue weighted by atomic mass is 32.2. The van der Waals surface area contributed by atoms with Crippen LogP contribution in [0.3, 0.4) is 0 Å². The summed E-state index contributed by atoms with van der Waals surface area (Å²) in [5.41, 5.74) is -0.543. The number of alkyl carbamates (subject to hydrolysis) is 1. The largest absolute Gasteiger partial charge is 0.498 e. The molecule has 0 bridgehead atoms. The fourth-order valence-corrected chi connectivity index (χ4v) is 5.37. The molecule has 1 N–H and O–H groups in total. The van der Waals surface area contributed by atoms with Crippen molar-refractivity contribution >= 4 is 36.3 Å². The molecule has 3 heterocycles. The first-order chi connectivity index (χ1) is 18.1. The van der Waals surface area contributed by atoms with Crippen molar-refractivity contribution in [1.29, 1.82) is 0 Å². The molecule has 1 aromatic rings. The maximum atomic E-state index is 13.2. The number of likely N-dealkylation sites (tertiary alicyclic amines) is 1. The normalized spacial score (nSPS) is 20.3. The van der Waals surface area contributed by atoms with Crippen molar-refractivity contribution in [3.63, 3.8) is 0 Å². The second-order valence-corrected chi connectivity index (χ2v) is 14.1. The lowest BCUT2D eigenvalue weighted by Crippen LogP contribution is -2.53. The number of aromatic nitrogens is 2. The van der Waals surface area contributed by atoms with Crippen molar-refractivity contribution in [3.05, 3.63) is 12.4 Å². The topological polar surface area (TPSA) is 103 Å². The molecule has 0 aromatic carbocycles. The van der Waals surface area contributed by atoms with Gasteiger partial charge in [-0.3, -0.25) is 4.79 Å². The van der Waals surface area contributed by atoms with Crippen LogP contribution in [0.5, 0.6) is 0 Å². The third-order valence-electron chi connectivity index (χ3n) is 7.69. The number of nitrogens with zero attached hydrogens (tertiary/aromatic N) is 3. The maximum absolute atomic E-state index is 13.2. The molecule has 0 unspecified atom stereocenters. The summed E-state index contributed by atoms with van der Waals surface area (Å²) in [5, 5.41) is 3.54. The van der Waals surface area contributed by atoms with Crippen LogP contribution in [0.2, 0.25) is 0 Å². The molecule has 2 amide bonds. The van der Waals surface area contributed by atoms with Gasteiger partial charge in [-0.2, -0.15) is 0 Å². The van der Waals surface area contributed by atoms with Crippen LogP contribution in [-0.2, 0) is 18.8 Å². The molecule has 2 saturated heterocycles. The lowest BCUT2D eigenvalue weighted by atomic mass is 9.81. The molecule has 2 fully saturated rings. The van der Waals surface area contributed by atoms with Gasteiger partial charge >= 0.3 is 13.2 Å². The Bertz CT molecular complexity index is 959. The lowest BCUT2D eigenvalue weighted by Gasteiger charge is -2.35. The fraction of sp³-hybridized carbons (Fsp3) is 0.786. The Labute approximate surface area is 239 Å². The van der Waals surface area contributed by atoms with Crippen LogP contribution in [0, 0.1) is 11.8 Å². The van der Waals surface area contributed by atoms with Gasteiger partial charge < -0.3 is 24.3 Å². The van der Waals surface area contributed by atoms with Gasteiger partial charge in [0, 0.05) is 36.7 Å². The summed E-state index contributed by atoms with van der Waals surface area (Å²) in [4.78, 5) is 36.3. The van der Waals surface area contributed by atoms with Gasteiger partial charge in [0.1, 0.15) is 11.6 Å². The van der Waals surface area contributed by atoms with Gasteiger partial charge in [-0.1, -0.05) is 25.6 Å². The third kappa shape index (κ3) is 8.82. The zero-order valence-electron chi connectivity index (χ0n) is 25.2. The minimum atomic E-state index is -0.602. The number of hydrogen-bond acceptors (Lipinski definition) is 8. The van der Waals surface area contributed by atoms with E-state index in [-0.39, 0.29) is 23.0 Å². The van der Waals surface area contributed by atoms with Crippen molar-refractivity contribution in [2.75, 3.05) is 18.8 Å². The number of ether oxygens (including phenoxy) is 1. The smallest absolute Gasteiger partial charge is 0.444 e. The van der Waals surface area contributed by atoms with E-state index in [2.05, 4.69) is 15.3 Å². The average Bonchev–Trinajstić information content (AvgIpc) is 3.06. The van der Waals surface area contributed by atoms with E-state index < -0.39 is 24.9 Å². The first-order valence-electron chi connectivity index (χ1n) is 14.2. The molecule has 0 aliphatic carbocycles. The zero-order chi connectivity index (χ0) is 29.0. The molecular weight excluding hydrogens is 515 g/mol. The minimum Gasteiger partial charge on any atom is -0.444 e. The van der Waals surface area contributed by atoms with E-state index in [1.807, 2.05) is 67.2 Å². The van der Waals surface area contributed by atoms with Gasteiger partial charge in [-0.15, -0.1) is 0 Å². The minimum absolute atomic E-state index is 0.0204. The Morgan fingerprint density at radius 2 is 1.69 bits per heavy atom. The Morgan fingerprint density at radius 3 is 2.21 bits per heavy atom. The SMILES string of the molecule is CC(C)[C@H](NC(=O)OC(C)(C)C)C(=O)N1CCC(CCCSc2ncc(B3OC(C)(C)C(C)(C)O3)cn2)CC1. The number of carbonyl (C=O) groups excluding carboxylic acids is 2. The third-order valence-corrected chi connectivity index (χ3v) is 8.65. The van der Waals surface area contributed by atoms with E-state index in [0.29, 0.717) is 5.92 Å². The van der Waals surface area contributed by atoms with Gasteiger partial charge in [-0.05, 0) is 86.0 Å². The van der Waals surface area contributed by atoms with Crippen LogP contribution in [0.4, 0.5) is 4.79 Å². The van der Waals surface area contributed by atoms with E-state index in [4.69, 9.17) is 14.0 Å². The van der Waals surface area contributed by atoms with Crippen LogP contribution >= 0.6 is 11.8 Å². The Balaban J connectivity index is 1.37. The van der Waals surface area contributed by atoms with Crippen molar-refractivity contribution in [1.82, 2.24) is 20.2 Å². The van der Waals surface area contributed by atoms with Crippen LogP contribution in [0.25, 0.3) is 0 Å². The summed E-state index contributed by atoms with van der Waals surface area (Å²) in [5.74, 6) is 1.50. The summed E-state index contributed by atoms with van der Waals surface area (Å²) >= 11 is 1.66. The number of rotatable bonds is 9. The zero-order valence-corrected chi connectivity index (χ0v) is 26.0. The monoisotopic (exact) mass is 562 g/mol. The van der Waals surface area contributed by atoms with Gasteiger partial charge in [0.05, 0.1) is 11.2 Å². The standard InChI is InChI=1S/C28H47BN4O5S/c1-19(2)22(32-25(35)36-26(3,4)5)23(34)33-14-12-20(13-15-33)11-10-16-39-24-30-17-21(18-31-24)29-37-27(6,7)28(8,9)38-29/h17-20,22H,10-16H2,1-9H3,(H,32,35)/t22-/m0/s1. The average molecular weight is 563 g/mol. The second kappa shape index (κ2) is 12.8. The van der Waals surface area contributed by atoms with Crippen LogP contribution in [0.1, 0.15) is 88.0 Å². The highest BCUT2D eigenvalue weighted by molar-refractivity contribution is 7.99. The van der Waals surface area contributed by atoms with Gasteiger partial charge in [-0.25, -0.2) is 14.8 Å². The molecule has 1 aromatic heterocycles. The van der Waals surface area contributed by atoms with Gasteiger partial charge in [0.25, 0.3) is 0 Å². The number of amides is 2. The van der Waals surface area contributed by atoms with Crippen molar-refractivity contribution in [3.8, 4) is 0 Å². The first-order valence-corrected chi connectivity index (χ1v) is 15.2. The molecule has 0 saturated carbocycles. The Kier molecular flexibility index (Phi) is 10.4. The number of carbonyl (C=O) groups is 2. The summed E-state index contributed by atoms with van der Waals surface area (Å²) in [7, 11) is -0.448. The maximum Gasteiger partial charge on any atom is 0.498 e. The molecule has 218 valence electrons. The van der Waals surface area contributed by atoms with Crippen molar-refractivity contribution in [2.45, 2.75) is 116 Å². The van der Waals surface area contributed by atoms with Crippen molar-refractivity contribution < 1.29 is 23.6 Å². The highest BCUT2D eigenvalue weighted by Gasteiger charge is 2.52. The van der Waals surface area contributed by atoms with Crippen LogP contribution < -0.4 is 10.8 Å².